The van der Waals surface area contributed by atoms with Gasteiger partial charge in [0, 0.05) is 6.07 Å². The molecule has 4 rings (SSSR count). The van der Waals surface area contributed by atoms with E-state index in [9.17, 15) is 18.5 Å². The van der Waals surface area contributed by atoms with Gasteiger partial charge in [0.25, 0.3) is 15.7 Å². The molecular weight excluding hydrogens is 426 g/mol. The second kappa shape index (κ2) is 8.63. The molecule has 1 aliphatic rings. The highest BCUT2D eigenvalue weighted by Gasteiger charge is 2.34. The van der Waals surface area contributed by atoms with E-state index in [1.54, 1.807) is 6.07 Å². The van der Waals surface area contributed by atoms with E-state index in [4.69, 9.17) is 0 Å². The zero-order chi connectivity index (χ0) is 22.9. The molecule has 1 saturated carbocycles. The molecule has 2 N–H and O–H groups in total. The molecular formula is C24H25N3O4S. The molecule has 0 saturated heterocycles. The Morgan fingerprint density at radius 1 is 0.969 bits per heavy atom. The lowest BCUT2D eigenvalue weighted by Crippen LogP contribution is -2.16. The van der Waals surface area contributed by atoms with Crippen LogP contribution in [-0.4, -0.2) is 13.3 Å². The molecule has 0 heterocycles. The second-order valence-corrected chi connectivity index (χ2v) is 9.91. The molecule has 0 amide bonds. The maximum atomic E-state index is 12.9. The molecule has 0 bridgehead atoms. The van der Waals surface area contributed by atoms with Gasteiger partial charge in [0.05, 0.1) is 21.5 Å². The van der Waals surface area contributed by atoms with E-state index < -0.39 is 14.9 Å². The fourth-order valence-electron chi connectivity index (χ4n) is 3.81. The van der Waals surface area contributed by atoms with Gasteiger partial charge in [-0.05, 0) is 61.9 Å². The molecule has 1 unspecified atom stereocenters. The summed E-state index contributed by atoms with van der Waals surface area (Å²) in [6.45, 7) is 3.73. The summed E-state index contributed by atoms with van der Waals surface area (Å²) < 4.78 is 28.4. The Morgan fingerprint density at radius 2 is 1.66 bits per heavy atom. The quantitative estimate of drug-likeness (QED) is 0.344. The number of nitrogens with zero attached hydrogens (tertiary/aromatic N) is 1. The van der Waals surface area contributed by atoms with Crippen LogP contribution in [0.4, 0.5) is 17.1 Å². The maximum absolute atomic E-state index is 12.9. The minimum Gasteiger partial charge on any atom is -0.372 e. The third-order valence-corrected chi connectivity index (χ3v) is 7.03. The Kier molecular flexibility index (Phi) is 5.88. The van der Waals surface area contributed by atoms with Crippen molar-refractivity contribution < 1.29 is 13.3 Å². The molecule has 0 aromatic heterocycles. The predicted octanol–water partition coefficient (Wildman–Crippen LogP) is 5.58. The standard InChI is InChI=1S/C24H25N3O4S/c1-16-8-12-21(17(2)14-16)26-32(30,31)20-11-13-22(23(15-20)27(28)29)25-24(19-9-10-19)18-6-4-3-5-7-18/h3-8,11-15,19,24-26H,9-10H2,1-2H3. The number of nitro benzene ring substituents is 1. The molecule has 1 atom stereocenters. The van der Waals surface area contributed by atoms with E-state index in [0.29, 0.717) is 17.3 Å². The number of nitro groups is 1. The maximum Gasteiger partial charge on any atom is 0.293 e. The Balaban J connectivity index is 1.65. The number of sulfonamides is 1. The molecule has 3 aromatic carbocycles. The lowest BCUT2D eigenvalue weighted by molar-refractivity contribution is -0.384. The second-order valence-electron chi connectivity index (χ2n) is 8.23. The van der Waals surface area contributed by atoms with Crippen LogP contribution in [-0.2, 0) is 10.0 Å². The number of hydrogen-bond donors (Lipinski definition) is 2. The molecule has 8 heteroatoms. The van der Waals surface area contributed by atoms with Crippen molar-refractivity contribution in [2.75, 3.05) is 10.0 Å². The van der Waals surface area contributed by atoms with Crippen LogP contribution in [0.1, 0.15) is 35.6 Å². The lowest BCUT2D eigenvalue weighted by Gasteiger charge is -2.20. The summed E-state index contributed by atoms with van der Waals surface area (Å²) in [7, 11) is -3.99. The number of anilines is 2. The first kappa shape index (κ1) is 21.8. The Morgan fingerprint density at radius 3 is 2.28 bits per heavy atom. The zero-order valence-electron chi connectivity index (χ0n) is 17.9. The van der Waals surface area contributed by atoms with Crippen molar-refractivity contribution >= 4 is 27.1 Å². The van der Waals surface area contributed by atoms with Crippen LogP contribution in [0.15, 0.2) is 71.6 Å². The average Bonchev–Trinajstić information content (AvgIpc) is 3.59. The first-order valence-corrected chi connectivity index (χ1v) is 11.9. The molecule has 0 spiro atoms. The van der Waals surface area contributed by atoms with E-state index in [2.05, 4.69) is 10.0 Å². The summed E-state index contributed by atoms with van der Waals surface area (Å²) >= 11 is 0. The summed E-state index contributed by atoms with van der Waals surface area (Å²) in [5.41, 5.74) is 3.32. The van der Waals surface area contributed by atoms with Crippen LogP contribution in [0.25, 0.3) is 0 Å². The largest absolute Gasteiger partial charge is 0.372 e. The third-order valence-electron chi connectivity index (χ3n) is 5.67. The molecule has 0 radical (unpaired) electrons. The molecule has 1 fully saturated rings. The predicted molar refractivity (Wildman–Crippen MR) is 125 cm³/mol. The van der Waals surface area contributed by atoms with Gasteiger partial charge < -0.3 is 5.32 Å². The highest BCUT2D eigenvalue weighted by Crippen LogP contribution is 2.44. The van der Waals surface area contributed by atoms with Gasteiger partial charge >= 0.3 is 0 Å². The number of hydrogen-bond acceptors (Lipinski definition) is 5. The summed E-state index contributed by atoms with van der Waals surface area (Å²) in [6.07, 6.45) is 2.10. The summed E-state index contributed by atoms with van der Waals surface area (Å²) in [5, 5.41) is 15.1. The number of rotatable bonds is 8. The first-order chi connectivity index (χ1) is 15.2. The Bertz CT molecular complexity index is 1260. The SMILES string of the molecule is Cc1ccc(NS(=O)(=O)c2ccc(NC(c3ccccc3)C3CC3)c([N+](=O)[O-])c2)c(C)c1. The highest BCUT2D eigenvalue weighted by atomic mass is 32.2. The van der Waals surface area contributed by atoms with Crippen LogP contribution >= 0.6 is 0 Å². The first-order valence-electron chi connectivity index (χ1n) is 10.4. The van der Waals surface area contributed by atoms with Crippen LogP contribution in [0.3, 0.4) is 0 Å². The smallest absolute Gasteiger partial charge is 0.293 e. The van der Waals surface area contributed by atoms with Gasteiger partial charge in [-0.1, -0.05) is 48.0 Å². The third kappa shape index (κ3) is 4.75. The van der Waals surface area contributed by atoms with E-state index in [1.807, 2.05) is 56.3 Å². The Hall–Kier alpha value is -3.39. The molecule has 0 aliphatic heterocycles. The van der Waals surface area contributed by atoms with Crippen molar-refractivity contribution in [3.8, 4) is 0 Å². The molecule has 7 nitrogen and oxygen atoms in total. The van der Waals surface area contributed by atoms with Gasteiger partial charge in [-0.3, -0.25) is 14.8 Å². The summed E-state index contributed by atoms with van der Waals surface area (Å²) in [4.78, 5) is 11.1. The van der Waals surface area contributed by atoms with Gasteiger partial charge in [-0.2, -0.15) is 0 Å². The van der Waals surface area contributed by atoms with Crippen molar-refractivity contribution in [1.82, 2.24) is 0 Å². The fourth-order valence-corrected chi connectivity index (χ4v) is 4.96. The van der Waals surface area contributed by atoms with E-state index >= 15 is 0 Å². The normalized spacial score (nSPS) is 14.6. The molecule has 3 aromatic rings. The number of nitrogens with one attached hydrogen (secondary N) is 2. The van der Waals surface area contributed by atoms with Crippen molar-refractivity contribution in [2.45, 2.75) is 37.6 Å². The van der Waals surface area contributed by atoms with Gasteiger partial charge in [0.1, 0.15) is 5.69 Å². The highest BCUT2D eigenvalue weighted by molar-refractivity contribution is 7.92. The molecule has 166 valence electrons. The van der Waals surface area contributed by atoms with Crippen molar-refractivity contribution in [3.63, 3.8) is 0 Å². The summed E-state index contributed by atoms with van der Waals surface area (Å²) in [5.74, 6) is 0.395. The number of benzene rings is 3. The van der Waals surface area contributed by atoms with Crippen molar-refractivity contribution in [2.24, 2.45) is 5.92 Å². The summed E-state index contributed by atoms with van der Waals surface area (Å²) in [6, 6.07) is 19.1. The van der Waals surface area contributed by atoms with Crippen LogP contribution in [0, 0.1) is 29.9 Å². The van der Waals surface area contributed by atoms with Gasteiger partial charge in [0.2, 0.25) is 0 Å². The fraction of sp³-hybridized carbons (Fsp3) is 0.250. The topological polar surface area (TPSA) is 101 Å². The Labute approximate surface area is 187 Å². The van der Waals surface area contributed by atoms with Crippen molar-refractivity contribution in [3.05, 3.63) is 93.5 Å². The van der Waals surface area contributed by atoms with Gasteiger partial charge in [0.15, 0.2) is 0 Å². The van der Waals surface area contributed by atoms with E-state index in [-0.39, 0.29) is 16.6 Å². The van der Waals surface area contributed by atoms with Crippen LogP contribution < -0.4 is 10.0 Å². The van der Waals surface area contributed by atoms with E-state index in [0.717, 1.165) is 35.6 Å². The lowest BCUT2D eigenvalue weighted by atomic mass is 10.0. The van der Waals surface area contributed by atoms with Crippen LogP contribution in [0.5, 0.6) is 0 Å². The van der Waals surface area contributed by atoms with E-state index in [1.165, 1.54) is 12.1 Å². The van der Waals surface area contributed by atoms with Gasteiger partial charge in [-0.25, -0.2) is 8.42 Å². The average molecular weight is 452 g/mol. The molecule has 1 aliphatic carbocycles. The number of aryl methyl sites for hydroxylation is 2. The van der Waals surface area contributed by atoms with Crippen LogP contribution in [0.2, 0.25) is 0 Å². The minimum atomic E-state index is -3.99. The zero-order valence-corrected chi connectivity index (χ0v) is 18.7. The monoisotopic (exact) mass is 451 g/mol. The van der Waals surface area contributed by atoms with Gasteiger partial charge in [-0.15, -0.1) is 0 Å². The minimum absolute atomic E-state index is 0.0642. The molecule has 32 heavy (non-hydrogen) atoms. The van der Waals surface area contributed by atoms with Crippen molar-refractivity contribution in [1.29, 1.82) is 0 Å².